The largest absolute Gasteiger partial charge is 0.375 e. The zero-order valence-electron chi connectivity index (χ0n) is 12.0. The Morgan fingerprint density at radius 2 is 2.10 bits per heavy atom. The maximum Gasteiger partial charge on any atom is 0.261 e. The molecule has 0 saturated carbocycles. The lowest BCUT2D eigenvalue weighted by molar-refractivity contribution is 0.0144. The van der Waals surface area contributed by atoms with Crippen molar-refractivity contribution in [3.05, 3.63) is 34.6 Å². The van der Waals surface area contributed by atoms with Crippen LogP contribution in [0.25, 0.3) is 0 Å². The van der Waals surface area contributed by atoms with Gasteiger partial charge >= 0.3 is 0 Å². The van der Waals surface area contributed by atoms with Crippen molar-refractivity contribution < 1.29 is 17.9 Å². The molecule has 0 bridgehead atoms. The molecule has 1 atom stereocenters. The standard InChI is InChI=1S/C15H21ClF3NO/c1-2-7-20-12(6-8-21-10-14(17)18)9-11-4-3-5-13(16)15(11)19/h3-5,12,14,20H,2,6-10H2,1H3. The number of halogens is 4. The molecule has 1 unspecified atom stereocenters. The minimum atomic E-state index is -2.46. The Labute approximate surface area is 128 Å². The van der Waals surface area contributed by atoms with Crippen molar-refractivity contribution in [2.75, 3.05) is 19.8 Å². The third-order valence-corrected chi connectivity index (χ3v) is 3.33. The normalized spacial score (nSPS) is 12.9. The Bertz CT molecular complexity index is 418. The molecule has 0 amide bonds. The highest BCUT2D eigenvalue weighted by Crippen LogP contribution is 2.19. The molecular weight excluding hydrogens is 303 g/mol. The lowest BCUT2D eigenvalue weighted by atomic mass is 10.0. The van der Waals surface area contributed by atoms with Crippen molar-refractivity contribution in [3.8, 4) is 0 Å². The van der Waals surface area contributed by atoms with Crippen molar-refractivity contribution in [1.82, 2.24) is 5.32 Å². The fraction of sp³-hybridized carbons (Fsp3) is 0.600. The first-order valence-electron chi connectivity index (χ1n) is 7.06. The minimum absolute atomic E-state index is 0.0319. The third-order valence-electron chi connectivity index (χ3n) is 3.04. The molecule has 1 aromatic rings. The molecule has 120 valence electrons. The van der Waals surface area contributed by atoms with E-state index in [4.69, 9.17) is 16.3 Å². The van der Waals surface area contributed by atoms with Crippen LogP contribution >= 0.6 is 11.6 Å². The van der Waals surface area contributed by atoms with E-state index in [0.29, 0.717) is 18.4 Å². The second-order valence-electron chi connectivity index (χ2n) is 4.82. The van der Waals surface area contributed by atoms with Crippen molar-refractivity contribution in [2.45, 2.75) is 38.7 Å². The summed E-state index contributed by atoms with van der Waals surface area (Å²) in [7, 11) is 0. The van der Waals surface area contributed by atoms with Gasteiger partial charge in [-0.15, -0.1) is 0 Å². The molecule has 0 aromatic heterocycles. The van der Waals surface area contributed by atoms with Gasteiger partial charge in [-0.1, -0.05) is 30.7 Å². The number of hydrogen-bond acceptors (Lipinski definition) is 2. The Morgan fingerprint density at radius 3 is 2.76 bits per heavy atom. The summed E-state index contributed by atoms with van der Waals surface area (Å²) in [5.41, 5.74) is 0.518. The van der Waals surface area contributed by atoms with Crippen LogP contribution in [0.1, 0.15) is 25.3 Å². The van der Waals surface area contributed by atoms with E-state index in [1.807, 2.05) is 6.92 Å². The molecule has 0 heterocycles. The molecule has 0 fully saturated rings. The van der Waals surface area contributed by atoms with E-state index >= 15 is 0 Å². The fourth-order valence-corrected chi connectivity index (χ4v) is 2.19. The predicted molar refractivity (Wildman–Crippen MR) is 78.6 cm³/mol. The van der Waals surface area contributed by atoms with E-state index in [1.165, 1.54) is 6.07 Å². The van der Waals surface area contributed by atoms with Crippen molar-refractivity contribution in [1.29, 1.82) is 0 Å². The maximum absolute atomic E-state index is 13.9. The van der Waals surface area contributed by atoms with Crippen LogP contribution < -0.4 is 5.32 Å². The highest BCUT2D eigenvalue weighted by atomic mass is 35.5. The SMILES string of the molecule is CCCNC(CCOCC(F)F)Cc1cccc(Cl)c1F. The van der Waals surface area contributed by atoms with Gasteiger partial charge in [-0.25, -0.2) is 13.2 Å². The molecule has 6 heteroatoms. The van der Waals surface area contributed by atoms with Gasteiger partial charge in [-0.2, -0.15) is 0 Å². The van der Waals surface area contributed by atoms with Crippen LogP contribution in [-0.4, -0.2) is 32.2 Å². The lowest BCUT2D eigenvalue weighted by Gasteiger charge is -2.19. The molecular formula is C15H21ClF3NO. The first-order chi connectivity index (χ1) is 10.0. The second kappa shape index (κ2) is 10.0. The molecule has 1 rings (SSSR count). The molecule has 0 aliphatic rings. The van der Waals surface area contributed by atoms with Gasteiger partial charge in [0.1, 0.15) is 12.4 Å². The number of rotatable bonds is 10. The van der Waals surface area contributed by atoms with Gasteiger partial charge in [0, 0.05) is 12.6 Å². The molecule has 0 spiro atoms. The van der Waals surface area contributed by atoms with Crippen molar-refractivity contribution in [2.24, 2.45) is 0 Å². The summed E-state index contributed by atoms with van der Waals surface area (Å²) in [6.07, 6.45) is -0.535. The summed E-state index contributed by atoms with van der Waals surface area (Å²) in [5, 5.41) is 3.37. The Kier molecular flexibility index (Phi) is 8.73. The Balaban J connectivity index is 2.54. The van der Waals surface area contributed by atoms with E-state index in [2.05, 4.69) is 5.32 Å². The van der Waals surface area contributed by atoms with E-state index in [-0.39, 0.29) is 17.7 Å². The molecule has 0 radical (unpaired) electrons. The van der Waals surface area contributed by atoms with Gasteiger partial charge in [0.05, 0.1) is 5.02 Å². The molecule has 2 nitrogen and oxygen atoms in total. The molecule has 1 aromatic carbocycles. The van der Waals surface area contributed by atoms with Crippen LogP contribution in [0.4, 0.5) is 13.2 Å². The van der Waals surface area contributed by atoms with Crippen LogP contribution in [0, 0.1) is 5.82 Å². The highest BCUT2D eigenvalue weighted by molar-refractivity contribution is 6.30. The number of hydrogen-bond donors (Lipinski definition) is 1. The average Bonchev–Trinajstić information content (AvgIpc) is 2.45. The Morgan fingerprint density at radius 1 is 1.33 bits per heavy atom. The topological polar surface area (TPSA) is 21.3 Å². The third kappa shape index (κ3) is 7.16. The average molecular weight is 324 g/mol. The predicted octanol–water partition coefficient (Wildman–Crippen LogP) is 4.06. The van der Waals surface area contributed by atoms with Crippen molar-refractivity contribution >= 4 is 11.6 Å². The summed E-state index contributed by atoms with van der Waals surface area (Å²) in [6.45, 7) is 2.46. The van der Waals surface area contributed by atoms with E-state index in [0.717, 1.165) is 13.0 Å². The minimum Gasteiger partial charge on any atom is -0.375 e. The molecule has 0 saturated heterocycles. The monoisotopic (exact) mass is 323 g/mol. The van der Waals surface area contributed by atoms with Gasteiger partial charge < -0.3 is 10.1 Å². The van der Waals surface area contributed by atoms with Crippen LogP contribution in [-0.2, 0) is 11.2 Å². The number of alkyl halides is 2. The summed E-state index contributed by atoms with van der Waals surface area (Å²) < 4.78 is 42.8. The van der Waals surface area contributed by atoms with Crippen LogP contribution in [0.2, 0.25) is 5.02 Å². The molecule has 1 N–H and O–H groups in total. The zero-order valence-corrected chi connectivity index (χ0v) is 12.8. The van der Waals surface area contributed by atoms with E-state index in [1.54, 1.807) is 12.1 Å². The highest BCUT2D eigenvalue weighted by Gasteiger charge is 2.14. The van der Waals surface area contributed by atoms with Gasteiger partial charge in [0.15, 0.2) is 0 Å². The Hall–Kier alpha value is -0.780. The summed E-state index contributed by atoms with van der Waals surface area (Å²) in [5.74, 6) is -0.420. The van der Waals surface area contributed by atoms with Gasteiger partial charge in [0.2, 0.25) is 0 Å². The van der Waals surface area contributed by atoms with Crippen LogP contribution in [0.15, 0.2) is 18.2 Å². The summed E-state index contributed by atoms with van der Waals surface area (Å²) in [4.78, 5) is 0. The molecule has 0 aliphatic heterocycles. The quantitative estimate of drug-likeness (QED) is 0.656. The molecule has 0 aliphatic carbocycles. The number of benzene rings is 1. The second-order valence-corrected chi connectivity index (χ2v) is 5.23. The van der Waals surface area contributed by atoms with E-state index in [9.17, 15) is 13.2 Å². The molecule has 21 heavy (non-hydrogen) atoms. The van der Waals surface area contributed by atoms with Gasteiger partial charge in [0.25, 0.3) is 6.43 Å². The maximum atomic E-state index is 13.9. The van der Waals surface area contributed by atoms with Gasteiger partial charge in [-0.3, -0.25) is 0 Å². The van der Waals surface area contributed by atoms with Crippen molar-refractivity contribution in [3.63, 3.8) is 0 Å². The lowest BCUT2D eigenvalue weighted by Crippen LogP contribution is -2.33. The fourth-order valence-electron chi connectivity index (χ4n) is 1.99. The first-order valence-corrected chi connectivity index (χ1v) is 7.44. The zero-order chi connectivity index (χ0) is 15.7. The smallest absolute Gasteiger partial charge is 0.261 e. The summed E-state index contributed by atoms with van der Waals surface area (Å²) in [6, 6.07) is 4.85. The number of ether oxygens (including phenoxy) is 1. The van der Waals surface area contributed by atoms with Crippen LogP contribution in [0.5, 0.6) is 0 Å². The first kappa shape index (κ1) is 18.3. The van der Waals surface area contributed by atoms with Gasteiger partial charge in [-0.05, 0) is 37.4 Å². The van der Waals surface area contributed by atoms with Crippen LogP contribution in [0.3, 0.4) is 0 Å². The summed E-state index contributed by atoms with van der Waals surface area (Å²) >= 11 is 5.76. The number of nitrogens with one attached hydrogen (secondary N) is 1. The van der Waals surface area contributed by atoms with E-state index < -0.39 is 18.8 Å².